The van der Waals surface area contributed by atoms with E-state index in [1.165, 1.54) is 7.11 Å². The van der Waals surface area contributed by atoms with Crippen LogP contribution >= 0.6 is 0 Å². The summed E-state index contributed by atoms with van der Waals surface area (Å²) in [5.74, 6) is -0.233. The van der Waals surface area contributed by atoms with Crippen LogP contribution in [-0.4, -0.2) is 55.4 Å². The zero-order chi connectivity index (χ0) is 15.5. The van der Waals surface area contributed by atoms with Crippen molar-refractivity contribution >= 4 is 5.97 Å². The van der Waals surface area contributed by atoms with Crippen molar-refractivity contribution in [2.45, 2.75) is 26.1 Å². The lowest BCUT2D eigenvalue weighted by atomic mass is 10.2. The highest BCUT2D eigenvalue weighted by atomic mass is 16.5. The zero-order valence-corrected chi connectivity index (χ0v) is 12.8. The predicted molar refractivity (Wildman–Crippen MR) is 80.9 cm³/mol. The van der Waals surface area contributed by atoms with Crippen LogP contribution in [0, 0.1) is 0 Å². The molecular formula is C16H25NO4. The van der Waals surface area contributed by atoms with E-state index < -0.39 is 6.10 Å². The molecule has 0 aliphatic carbocycles. The topological polar surface area (TPSA) is 59.0 Å². The predicted octanol–water partition coefficient (Wildman–Crippen LogP) is 1.45. The van der Waals surface area contributed by atoms with Crippen LogP contribution in [0.4, 0.5) is 0 Å². The maximum Gasteiger partial charge on any atom is 0.306 e. The molecule has 0 bridgehead atoms. The average Bonchev–Trinajstić information content (AvgIpc) is 2.52. The molecule has 118 valence electrons. The summed E-state index contributed by atoms with van der Waals surface area (Å²) in [6, 6.07) is 9.85. The Morgan fingerprint density at radius 1 is 1.33 bits per heavy atom. The standard InChI is InChI=1S/C16H25NO4/c1-3-17(10-9-16(19)20-2)11-15(18)13-21-12-14-7-5-4-6-8-14/h4-8,15,18H,3,9-13H2,1-2H3. The van der Waals surface area contributed by atoms with Crippen molar-refractivity contribution in [1.29, 1.82) is 0 Å². The van der Waals surface area contributed by atoms with Gasteiger partial charge in [-0.05, 0) is 12.1 Å². The van der Waals surface area contributed by atoms with Crippen LogP contribution in [0.25, 0.3) is 0 Å². The molecule has 0 aliphatic heterocycles. The second-order valence-electron chi connectivity index (χ2n) is 4.87. The first-order chi connectivity index (χ1) is 10.2. The number of likely N-dealkylation sites (N-methyl/N-ethyl adjacent to an activating group) is 1. The van der Waals surface area contributed by atoms with Crippen LogP contribution in [-0.2, 0) is 20.9 Å². The number of carbonyl (C=O) groups is 1. The Hall–Kier alpha value is -1.43. The number of esters is 1. The molecule has 0 saturated heterocycles. The highest BCUT2D eigenvalue weighted by Crippen LogP contribution is 2.02. The average molecular weight is 295 g/mol. The fourth-order valence-corrected chi connectivity index (χ4v) is 1.97. The van der Waals surface area contributed by atoms with Crippen molar-refractivity contribution < 1.29 is 19.4 Å². The normalized spacial score (nSPS) is 12.4. The zero-order valence-electron chi connectivity index (χ0n) is 12.8. The van der Waals surface area contributed by atoms with E-state index in [0.29, 0.717) is 26.1 Å². The molecule has 1 atom stereocenters. The van der Waals surface area contributed by atoms with E-state index in [9.17, 15) is 9.90 Å². The van der Waals surface area contributed by atoms with Gasteiger partial charge in [-0.25, -0.2) is 0 Å². The minimum Gasteiger partial charge on any atom is -0.469 e. The van der Waals surface area contributed by atoms with Crippen LogP contribution < -0.4 is 0 Å². The Bertz CT molecular complexity index is 397. The van der Waals surface area contributed by atoms with Crippen LogP contribution in [0.1, 0.15) is 18.9 Å². The molecule has 1 unspecified atom stereocenters. The lowest BCUT2D eigenvalue weighted by Crippen LogP contribution is -2.36. The van der Waals surface area contributed by atoms with Crippen LogP contribution in [0.15, 0.2) is 30.3 Å². The maximum atomic E-state index is 11.1. The summed E-state index contributed by atoms with van der Waals surface area (Å²) < 4.78 is 10.1. The van der Waals surface area contributed by atoms with Gasteiger partial charge in [0.2, 0.25) is 0 Å². The number of nitrogens with zero attached hydrogens (tertiary/aromatic N) is 1. The van der Waals surface area contributed by atoms with Gasteiger partial charge in [-0.1, -0.05) is 37.3 Å². The molecule has 0 aromatic heterocycles. The van der Waals surface area contributed by atoms with Gasteiger partial charge >= 0.3 is 5.97 Å². The second-order valence-corrected chi connectivity index (χ2v) is 4.87. The van der Waals surface area contributed by atoms with Crippen molar-refractivity contribution in [3.05, 3.63) is 35.9 Å². The number of ether oxygens (including phenoxy) is 2. The minimum absolute atomic E-state index is 0.233. The van der Waals surface area contributed by atoms with Crippen LogP contribution in [0.3, 0.4) is 0 Å². The molecule has 5 heteroatoms. The number of carbonyl (C=O) groups excluding carboxylic acids is 1. The maximum absolute atomic E-state index is 11.1. The summed E-state index contributed by atoms with van der Waals surface area (Å²) >= 11 is 0. The third-order valence-electron chi connectivity index (χ3n) is 3.20. The fraction of sp³-hybridized carbons (Fsp3) is 0.562. The molecule has 1 rings (SSSR count). The van der Waals surface area contributed by atoms with Crippen molar-refractivity contribution in [2.75, 3.05) is 33.4 Å². The molecule has 1 aromatic rings. The summed E-state index contributed by atoms with van der Waals surface area (Å²) in [5.41, 5.74) is 1.09. The van der Waals surface area contributed by atoms with Gasteiger partial charge in [0, 0.05) is 13.1 Å². The summed E-state index contributed by atoms with van der Waals surface area (Å²) in [4.78, 5) is 13.1. The Labute approximate surface area is 126 Å². The van der Waals surface area contributed by atoms with Gasteiger partial charge in [0.25, 0.3) is 0 Å². The van der Waals surface area contributed by atoms with E-state index in [1.807, 2.05) is 42.2 Å². The molecule has 0 radical (unpaired) electrons. The lowest BCUT2D eigenvalue weighted by molar-refractivity contribution is -0.141. The Balaban J connectivity index is 2.21. The fourth-order valence-electron chi connectivity index (χ4n) is 1.97. The number of aliphatic hydroxyl groups is 1. The largest absolute Gasteiger partial charge is 0.469 e. The first-order valence-corrected chi connectivity index (χ1v) is 7.24. The van der Waals surface area contributed by atoms with E-state index in [0.717, 1.165) is 12.1 Å². The monoisotopic (exact) mass is 295 g/mol. The third kappa shape index (κ3) is 7.80. The molecule has 0 heterocycles. The number of benzene rings is 1. The van der Waals surface area contributed by atoms with Crippen LogP contribution in [0.2, 0.25) is 0 Å². The minimum atomic E-state index is -0.564. The van der Waals surface area contributed by atoms with E-state index in [4.69, 9.17) is 4.74 Å². The smallest absolute Gasteiger partial charge is 0.306 e. The number of hydrogen-bond acceptors (Lipinski definition) is 5. The highest BCUT2D eigenvalue weighted by Gasteiger charge is 2.12. The Morgan fingerprint density at radius 2 is 2.05 bits per heavy atom. The van der Waals surface area contributed by atoms with Crippen molar-refractivity contribution in [2.24, 2.45) is 0 Å². The Kier molecular flexibility index (Phi) is 8.66. The molecule has 0 aliphatic rings. The molecule has 5 nitrogen and oxygen atoms in total. The molecule has 0 spiro atoms. The SMILES string of the molecule is CCN(CCC(=O)OC)CC(O)COCc1ccccc1. The van der Waals surface area contributed by atoms with Crippen molar-refractivity contribution in [3.63, 3.8) is 0 Å². The summed E-state index contributed by atoms with van der Waals surface area (Å²) in [5, 5.41) is 9.97. The molecule has 21 heavy (non-hydrogen) atoms. The summed E-state index contributed by atoms with van der Waals surface area (Å²) in [6.07, 6.45) is -0.228. The van der Waals surface area contributed by atoms with E-state index in [-0.39, 0.29) is 12.6 Å². The first kappa shape index (κ1) is 17.6. The van der Waals surface area contributed by atoms with Crippen LogP contribution in [0.5, 0.6) is 0 Å². The molecule has 1 N–H and O–H groups in total. The quantitative estimate of drug-likeness (QED) is 0.662. The van der Waals surface area contributed by atoms with Gasteiger partial charge in [-0.2, -0.15) is 0 Å². The Morgan fingerprint density at radius 3 is 2.67 bits per heavy atom. The lowest BCUT2D eigenvalue weighted by Gasteiger charge is -2.23. The summed E-state index contributed by atoms with van der Waals surface area (Å²) in [6.45, 7) is 4.61. The molecule has 1 aromatic carbocycles. The number of methoxy groups -OCH3 is 1. The molecule has 0 saturated carbocycles. The second kappa shape index (κ2) is 10.3. The molecular weight excluding hydrogens is 270 g/mol. The van der Waals surface area contributed by atoms with Gasteiger partial charge in [0.05, 0.1) is 32.8 Å². The van der Waals surface area contributed by atoms with Gasteiger partial charge in [-0.15, -0.1) is 0 Å². The van der Waals surface area contributed by atoms with Gasteiger partial charge in [0.15, 0.2) is 0 Å². The van der Waals surface area contributed by atoms with Crippen molar-refractivity contribution in [1.82, 2.24) is 4.90 Å². The van der Waals surface area contributed by atoms with E-state index in [1.54, 1.807) is 0 Å². The number of rotatable bonds is 10. The van der Waals surface area contributed by atoms with Gasteiger partial charge < -0.3 is 19.5 Å². The van der Waals surface area contributed by atoms with Gasteiger partial charge in [0.1, 0.15) is 0 Å². The third-order valence-corrected chi connectivity index (χ3v) is 3.20. The first-order valence-electron chi connectivity index (χ1n) is 7.24. The highest BCUT2D eigenvalue weighted by molar-refractivity contribution is 5.69. The van der Waals surface area contributed by atoms with E-state index in [2.05, 4.69) is 4.74 Å². The molecule has 0 amide bonds. The van der Waals surface area contributed by atoms with E-state index >= 15 is 0 Å². The molecule has 0 fully saturated rings. The van der Waals surface area contributed by atoms with Gasteiger partial charge in [-0.3, -0.25) is 4.79 Å². The summed E-state index contributed by atoms with van der Waals surface area (Å²) in [7, 11) is 1.38. The number of aliphatic hydroxyl groups excluding tert-OH is 1. The van der Waals surface area contributed by atoms with Crippen molar-refractivity contribution in [3.8, 4) is 0 Å². The number of hydrogen-bond donors (Lipinski definition) is 1.